The highest BCUT2D eigenvalue weighted by Crippen LogP contribution is 2.25. The number of aromatic nitrogens is 2. The Labute approximate surface area is 157 Å². The number of para-hydroxylation sites is 1. The second-order valence-corrected chi connectivity index (χ2v) is 6.54. The van der Waals surface area contributed by atoms with Crippen molar-refractivity contribution in [2.45, 2.75) is 31.4 Å². The number of H-pyrrole nitrogens is 1. The third kappa shape index (κ3) is 3.96. The quantitative estimate of drug-likeness (QED) is 0.735. The van der Waals surface area contributed by atoms with E-state index < -0.39 is 6.10 Å². The number of esters is 1. The van der Waals surface area contributed by atoms with Gasteiger partial charge in [-0.05, 0) is 37.9 Å². The molecule has 0 saturated carbocycles. The van der Waals surface area contributed by atoms with Crippen molar-refractivity contribution in [3.8, 4) is 5.75 Å². The Morgan fingerprint density at radius 1 is 1.37 bits per heavy atom. The summed E-state index contributed by atoms with van der Waals surface area (Å²) in [7, 11) is 4.54. The van der Waals surface area contributed by atoms with Gasteiger partial charge in [0, 0.05) is 13.7 Å². The van der Waals surface area contributed by atoms with Crippen LogP contribution in [0.5, 0.6) is 5.75 Å². The molecular formula is C19H25N3O5. The number of carbonyl (C=O) groups is 1. The Kier molecular flexibility index (Phi) is 6.08. The molecule has 146 valence electrons. The van der Waals surface area contributed by atoms with Gasteiger partial charge in [-0.25, -0.2) is 4.98 Å². The highest BCUT2D eigenvalue weighted by Gasteiger charge is 2.32. The number of aromatic amines is 1. The number of ether oxygens (including phenoxy) is 3. The van der Waals surface area contributed by atoms with Crippen molar-refractivity contribution in [3.63, 3.8) is 0 Å². The van der Waals surface area contributed by atoms with Crippen molar-refractivity contribution in [1.29, 1.82) is 0 Å². The molecule has 3 rings (SSSR count). The van der Waals surface area contributed by atoms with Gasteiger partial charge in [0.05, 0.1) is 19.6 Å². The van der Waals surface area contributed by atoms with Crippen molar-refractivity contribution in [2.75, 3.05) is 34.4 Å². The average molecular weight is 375 g/mol. The molecule has 2 aromatic rings. The Morgan fingerprint density at radius 3 is 2.89 bits per heavy atom. The van der Waals surface area contributed by atoms with Crippen LogP contribution in [0.25, 0.3) is 10.9 Å². The van der Waals surface area contributed by atoms with Crippen molar-refractivity contribution < 1.29 is 19.0 Å². The maximum absolute atomic E-state index is 12.5. The number of nitrogens with zero attached hydrogens (tertiary/aromatic N) is 2. The molecule has 1 saturated heterocycles. The van der Waals surface area contributed by atoms with E-state index in [2.05, 4.69) is 14.9 Å². The van der Waals surface area contributed by atoms with E-state index in [1.165, 1.54) is 7.11 Å². The van der Waals surface area contributed by atoms with Gasteiger partial charge in [-0.1, -0.05) is 6.07 Å². The number of rotatable bonds is 7. The molecule has 0 spiro atoms. The van der Waals surface area contributed by atoms with Gasteiger partial charge in [0.15, 0.2) is 0 Å². The first-order chi connectivity index (χ1) is 13.1. The molecule has 8 nitrogen and oxygen atoms in total. The summed E-state index contributed by atoms with van der Waals surface area (Å²) >= 11 is 0. The number of benzene rings is 1. The normalized spacial score (nSPS) is 18.6. The summed E-state index contributed by atoms with van der Waals surface area (Å²) in [6.07, 6.45) is 1.95. The summed E-state index contributed by atoms with van der Waals surface area (Å²) in [5.74, 6) is 0.789. The van der Waals surface area contributed by atoms with Crippen molar-refractivity contribution >= 4 is 16.9 Å². The number of fused-ring (bicyclic) bond motifs is 1. The van der Waals surface area contributed by atoms with E-state index in [9.17, 15) is 9.59 Å². The second-order valence-electron chi connectivity index (χ2n) is 6.54. The van der Waals surface area contributed by atoms with Crippen LogP contribution in [-0.2, 0) is 14.3 Å². The van der Waals surface area contributed by atoms with Gasteiger partial charge in [-0.15, -0.1) is 0 Å². The summed E-state index contributed by atoms with van der Waals surface area (Å²) in [6, 6.07) is 5.02. The lowest BCUT2D eigenvalue weighted by atomic mass is 10.1. The molecule has 1 aliphatic rings. The number of carbonyl (C=O) groups excluding carboxylic acids is 1. The molecule has 27 heavy (non-hydrogen) atoms. The van der Waals surface area contributed by atoms with E-state index in [-0.39, 0.29) is 17.6 Å². The highest BCUT2D eigenvalue weighted by atomic mass is 16.5. The van der Waals surface area contributed by atoms with Gasteiger partial charge >= 0.3 is 5.97 Å². The fraction of sp³-hybridized carbons (Fsp3) is 0.526. The van der Waals surface area contributed by atoms with Crippen molar-refractivity contribution in [2.24, 2.45) is 0 Å². The van der Waals surface area contributed by atoms with Crippen LogP contribution in [0.2, 0.25) is 0 Å². The zero-order chi connectivity index (χ0) is 19.4. The molecule has 0 bridgehead atoms. The number of nitrogens with one attached hydrogen (secondary N) is 1. The van der Waals surface area contributed by atoms with Crippen molar-refractivity contribution in [3.05, 3.63) is 34.4 Å². The number of methoxy groups -OCH3 is 3. The van der Waals surface area contributed by atoms with Gasteiger partial charge in [0.1, 0.15) is 29.2 Å². The molecule has 1 aromatic carbocycles. The number of hydrogen-bond acceptors (Lipinski definition) is 7. The Bertz CT molecular complexity index is 866. The van der Waals surface area contributed by atoms with E-state index in [1.54, 1.807) is 32.4 Å². The van der Waals surface area contributed by atoms with Gasteiger partial charge < -0.3 is 19.2 Å². The van der Waals surface area contributed by atoms with E-state index in [0.29, 0.717) is 35.4 Å². The molecule has 1 fully saturated rings. The van der Waals surface area contributed by atoms with Crippen LogP contribution in [0.1, 0.15) is 31.2 Å². The van der Waals surface area contributed by atoms with E-state index in [4.69, 9.17) is 14.2 Å². The zero-order valence-electron chi connectivity index (χ0n) is 15.9. The molecule has 1 N–H and O–H groups in total. The summed E-state index contributed by atoms with van der Waals surface area (Å²) in [5.41, 5.74) is 0.277. The Morgan fingerprint density at radius 2 is 2.19 bits per heavy atom. The fourth-order valence-corrected chi connectivity index (χ4v) is 3.62. The first-order valence-corrected chi connectivity index (χ1v) is 9.00. The third-order valence-electron chi connectivity index (χ3n) is 5.04. The standard InChI is InChI=1S/C19H25N3O5/c1-25-14-8-4-6-12-16(14)20-17(21-18(12)23)15(26-2)9-11-22-10-5-7-13(22)19(24)27-3/h4,6,8,13,15H,5,7,9-11H2,1-3H3,(H,20,21,23)/t13-,15?/m0/s1. The maximum atomic E-state index is 12.5. The lowest BCUT2D eigenvalue weighted by molar-refractivity contribution is -0.146. The topological polar surface area (TPSA) is 93.8 Å². The Hall–Kier alpha value is -2.45. The summed E-state index contributed by atoms with van der Waals surface area (Å²) < 4.78 is 15.8. The predicted octanol–water partition coefficient (Wildman–Crippen LogP) is 1.65. The minimum absolute atomic E-state index is 0.205. The summed E-state index contributed by atoms with van der Waals surface area (Å²) in [5, 5.41) is 0.471. The van der Waals surface area contributed by atoms with E-state index in [0.717, 1.165) is 19.4 Å². The summed E-state index contributed by atoms with van der Waals surface area (Å²) in [4.78, 5) is 33.8. The smallest absolute Gasteiger partial charge is 0.323 e. The second kappa shape index (κ2) is 8.49. The third-order valence-corrected chi connectivity index (χ3v) is 5.04. The summed E-state index contributed by atoms with van der Waals surface area (Å²) in [6.45, 7) is 1.48. The lowest BCUT2D eigenvalue weighted by Gasteiger charge is -2.24. The Balaban J connectivity index is 1.81. The van der Waals surface area contributed by atoms with Gasteiger partial charge in [-0.2, -0.15) is 0 Å². The number of likely N-dealkylation sites (tertiary alicyclic amines) is 1. The molecule has 0 radical (unpaired) electrons. The molecule has 1 unspecified atom stereocenters. The van der Waals surface area contributed by atoms with Crippen LogP contribution < -0.4 is 10.3 Å². The largest absolute Gasteiger partial charge is 0.494 e. The van der Waals surface area contributed by atoms with E-state index in [1.807, 2.05) is 0 Å². The van der Waals surface area contributed by atoms with Crippen LogP contribution in [0, 0.1) is 0 Å². The van der Waals surface area contributed by atoms with Gasteiger partial charge in [0.25, 0.3) is 5.56 Å². The molecule has 0 aliphatic carbocycles. The predicted molar refractivity (Wildman–Crippen MR) is 99.9 cm³/mol. The first kappa shape index (κ1) is 19.3. The minimum atomic E-state index is -0.397. The van der Waals surface area contributed by atoms with Crippen molar-refractivity contribution in [1.82, 2.24) is 14.9 Å². The molecule has 1 aromatic heterocycles. The molecule has 0 amide bonds. The van der Waals surface area contributed by atoms with E-state index >= 15 is 0 Å². The maximum Gasteiger partial charge on any atom is 0.323 e. The van der Waals surface area contributed by atoms with Gasteiger partial charge in [0.2, 0.25) is 0 Å². The first-order valence-electron chi connectivity index (χ1n) is 9.00. The molecular weight excluding hydrogens is 350 g/mol. The monoisotopic (exact) mass is 375 g/mol. The van der Waals surface area contributed by atoms with Crippen LogP contribution in [0.3, 0.4) is 0 Å². The fourth-order valence-electron chi connectivity index (χ4n) is 3.62. The zero-order valence-corrected chi connectivity index (χ0v) is 15.9. The minimum Gasteiger partial charge on any atom is -0.494 e. The van der Waals surface area contributed by atoms with Crippen LogP contribution in [0.15, 0.2) is 23.0 Å². The highest BCUT2D eigenvalue weighted by molar-refractivity contribution is 5.83. The molecule has 2 atom stereocenters. The van der Waals surface area contributed by atoms with Crippen LogP contribution in [0.4, 0.5) is 0 Å². The van der Waals surface area contributed by atoms with Crippen LogP contribution in [-0.4, -0.2) is 61.3 Å². The number of hydrogen-bond donors (Lipinski definition) is 1. The molecule has 8 heteroatoms. The molecule has 2 heterocycles. The lowest BCUT2D eigenvalue weighted by Crippen LogP contribution is -2.38. The SMILES string of the molecule is COC(=O)[C@@H]1CCCN1CCC(OC)c1nc2c(OC)cccc2c(=O)[nH]1. The van der Waals surface area contributed by atoms with Gasteiger partial charge in [-0.3, -0.25) is 14.5 Å². The van der Waals surface area contributed by atoms with Crippen LogP contribution >= 0.6 is 0 Å². The molecule has 1 aliphatic heterocycles. The average Bonchev–Trinajstić information content (AvgIpc) is 3.16.